The van der Waals surface area contributed by atoms with Crippen molar-refractivity contribution >= 4 is 53.3 Å². The fourth-order valence-electron chi connectivity index (χ4n) is 11.7. The highest BCUT2D eigenvalue weighted by molar-refractivity contribution is 7.25. The lowest BCUT2D eigenvalue weighted by molar-refractivity contribution is 0.764. The van der Waals surface area contributed by atoms with Crippen LogP contribution in [0.2, 0.25) is 0 Å². The first-order valence-corrected chi connectivity index (χ1v) is 23.6. The molecule has 2 heteroatoms. The zero-order chi connectivity index (χ0) is 42.6. The molecule has 14 rings (SSSR count). The van der Waals surface area contributed by atoms with Gasteiger partial charge in [-0.05, 0) is 139 Å². The fourth-order valence-corrected chi connectivity index (χ4v) is 12.8. The molecular weight excluding hydrogens is 803 g/mol. The number of nitrogens with zero attached hydrogens (tertiary/aromatic N) is 1. The summed E-state index contributed by atoms with van der Waals surface area (Å²) in [5.74, 6) is 0. The van der Waals surface area contributed by atoms with Crippen LogP contribution in [0.15, 0.2) is 230 Å². The molecule has 1 atom stereocenters. The van der Waals surface area contributed by atoms with Crippen molar-refractivity contribution in [2.75, 3.05) is 0 Å². The van der Waals surface area contributed by atoms with Gasteiger partial charge in [-0.3, -0.25) is 0 Å². The first-order chi connectivity index (χ1) is 32.2. The van der Waals surface area contributed by atoms with Gasteiger partial charge in [-0.2, -0.15) is 0 Å². The molecule has 9 aromatic carbocycles. The SMILES string of the molecule is C1=CCC=C(C2(c3ccccc3)c3ccccc3-c3c(-c4ccc5c(c4)sc4ccc(-n6c7ccccc7c7cc(-c8ccc9c(c8)-c8ccccc8C9)ccc76)cc45)cccc32)C=C1. The van der Waals surface area contributed by atoms with E-state index >= 15 is 0 Å². The smallest absolute Gasteiger partial charge is 0.0710 e. The largest absolute Gasteiger partial charge is 0.309 e. The first-order valence-electron chi connectivity index (χ1n) is 22.8. The van der Waals surface area contributed by atoms with E-state index < -0.39 is 5.41 Å². The van der Waals surface area contributed by atoms with E-state index in [9.17, 15) is 0 Å². The molecule has 2 heterocycles. The van der Waals surface area contributed by atoms with Gasteiger partial charge in [0, 0.05) is 36.6 Å². The third-order valence-electron chi connectivity index (χ3n) is 14.5. The van der Waals surface area contributed by atoms with E-state index in [1.807, 2.05) is 11.3 Å². The van der Waals surface area contributed by atoms with Crippen molar-refractivity contribution < 1.29 is 0 Å². The van der Waals surface area contributed by atoms with Crippen molar-refractivity contribution in [1.82, 2.24) is 4.57 Å². The Bertz CT molecular complexity index is 3890. The van der Waals surface area contributed by atoms with Crippen molar-refractivity contribution in [3.63, 3.8) is 0 Å². The van der Waals surface area contributed by atoms with Gasteiger partial charge in [0.1, 0.15) is 0 Å². The topological polar surface area (TPSA) is 4.93 Å². The predicted molar refractivity (Wildman–Crippen MR) is 276 cm³/mol. The van der Waals surface area contributed by atoms with Crippen molar-refractivity contribution in [3.8, 4) is 50.2 Å². The molecule has 0 radical (unpaired) electrons. The van der Waals surface area contributed by atoms with Gasteiger partial charge in [-0.25, -0.2) is 0 Å². The molecule has 1 nitrogen and oxygen atoms in total. The lowest BCUT2D eigenvalue weighted by Gasteiger charge is -2.35. The lowest BCUT2D eigenvalue weighted by Crippen LogP contribution is -2.29. The van der Waals surface area contributed by atoms with Gasteiger partial charge < -0.3 is 4.57 Å². The predicted octanol–water partition coefficient (Wildman–Crippen LogP) is 16.8. The zero-order valence-corrected chi connectivity index (χ0v) is 36.4. The fraction of sp³-hybridized carbons (Fsp3) is 0.0476. The van der Waals surface area contributed by atoms with Gasteiger partial charge in [0.25, 0.3) is 0 Å². The Labute approximate surface area is 382 Å². The monoisotopic (exact) mass is 843 g/mol. The second kappa shape index (κ2) is 14.1. The van der Waals surface area contributed by atoms with Crippen LogP contribution in [-0.2, 0) is 11.8 Å². The molecule has 0 aliphatic heterocycles. The number of rotatable bonds is 5. The molecule has 3 aliphatic carbocycles. The second-order valence-electron chi connectivity index (χ2n) is 17.9. The van der Waals surface area contributed by atoms with Gasteiger partial charge in [-0.1, -0.05) is 176 Å². The molecule has 3 aliphatic rings. The highest BCUT2D eigenvalue weighted by Gasteiger charge is 2.47. The van der Waals surface area contributed by atoms with Crippen LogP contribution in [0.4, 0.5) is 0 Å². The van der Waals surface area contributed by atoms with Crippen LogP contribution >= 0.6 is 11.3 Å². The quantitative estimate of drug-likeness (QED) is 0.163. The molecule has 65 heavy (non-hydrogen) atoms. The summed E-state index contributed by atoms with van der Waals surface area (Å²) in [7, 11) is 0. The van der Waals surface area contributed by atoms with Crippen LogP contribution in [0.25, 0.3) is 92.2 Å². The van der Waals surface area contributed by atoms with E-state index in [0.717, 1.165) is 12.8 Å². The van der Waals surface area contributed by atoms with Gasteiger partial charge in [-0.15, -0.1) is 11.3 Å². The summed E-state index contributed by atoms with van der Waals surface area (Å²) in [6, 6.07) is 73.3. The maximum Gasteiger partial charge on any atom is 0.0710 e. The molecule has 11 aromatic rings. The lowest BCUT2D eigenvalue weighted by atomic mass is 9.66. The number of benzene rings is 9. The molecule has 0 bridgehead atoms. The molecule has 2 aromatic heterocycles. The molecule has 0 saturated heterocycles. The van der Waals surface area contributed by atoms with E-state index in [0.29, 0.717) is 0 Å². The number of para-hydroxylation sites is 1. The highest BCUT2D eigenvalue weighted by Crippen LogP contribution is 2.59. The molecule has 0 saturated carbocycles. The summed E-state index contributed by atoms with van der Waals surface area (Å²) in [5, 5.41) is 5.13. The highest BCUT2D eigenvalue weighted by atomic mass is 32.1. The van der Waals surface area contributed by atoms with Crippen molar-refractivity contribution in [3.05, 3.63) is 258 Å². The molecule has 0 spiro atoms. The van der Waals surface area contributed by atoms with Crippen LogP contribution in [0.1, 0.15) is 34.2 Å². The van der Waals surface area contributed by atoms with E-state index in [1.54, 1.807) is 0 Å². The third-order valence-corrected chi connectivity index (χ3v) is 15.7. The van der Waals surface area contributed by atoms with Crippen LogP contribution in [0.3, 0.4) is 0 Å². The summed E-state index contributed by atoms with van der Waals surface area (Å²) in [5.41, 5.74) is 21.8. The number of allylic oxidation sites excluding steroid dienone is 6. The maximum absolute atomic E-state index is 2.46. The summed E-state index contributed by atoms with van der Waals surface area (Å²) >= 11 is 1.89. The van der Waals surface area contributed by atoms with Gasteiger partial charge >= 0.3 is 0 Å². The van der Waals surface area contributed by atoms with Crippen LogP contribution in [0, 0.1) is 0 Å². The average molecular weight is 844 g/mol. The van der Waals surface area contributed by atoms with E-state index in [4.69, 9.17) is 0 Å². The second-order valence-corrected chi connectivity index (χ2v) is 18.9. The van der Waals surface area contributed by atoms with Crippen LogP contribution in [-0.4, -0.2) is 4.57 Å². The molecular formula is C63H41NS. The minimum Gasteiger partial charge on any atom is -0.309 e. The number of fused-ring (bicyclic) bond motifs is 12. The van der Waals surface area contributed by atoms with Crippen molar-refractivity contribution in [1.29, 1.82) is 0 Å². The van der Waals surface area contributed by atoms with E-state index in [-0.39, 0.29) is 0 Å². The Kier molecular flexibility index (Phi) is 7.96. The van der Waals surface area contributed by atoms with Crippen molar-refractivity contribution in [2.45, 2.75) is 18.3 Å². The third kappa shape index (κ3) is 5.32. The number of aromatic nitrogens is 1. The Morgan fingerprint density at radius 1 is 0.446 bits per heavy atom. The number of thiophene rings is 1. The van der Waals surface area contributed by atoms with E-state index in [1.165, 1.54) is 126 Å². The van der Waals surface area contributed by atoms with Gasteiger partial charge in [0.05, 0.1) is 16.4 Å². The number of hydrogen-bond acceptors (Lipinski definition) is 1. The van der Waals surface area contributed by atoms with E-state index in [2.05, 4.69) is 229 Å². The Morgan fingerprint density at radius 3 is 2.15 bits per heavy atom. The zero-order valence-electron chi connectivity index (χ0n) is 35.6. The molecule has 1 unspecified atom stereocenters. The molecule has 304 valence electrons. The molecule has 0 N–H and O–H groups in total. The Balaban J connectivity index is 0.892. The van der Waals surface area contributed by atoms with Gasteiger partial charge in [0.15, 0.2) is 0 Å². The average Bonchev–Trinajstić information content (AvgIpc) is 4.04. The maximum atomic E-state index is 2.46. The Hall–Kier alpha value is -7.78. The normalized spacial score (nSPS) is 15.9. The summed E-state index contributed by atoms with van der Waals surface area (Å²) in [4.78, 5) is 0. The van der Waals surface area contributed by atoms with Gasteiger partial charge in [0.2, 0.25) is 0 Å². The molecule has 0 amide bonds. The summed E-state index contributed by atoms with van der Waals surface area (Å²) < 4.78 is 5.07. The van der Waals surface area contributed by atoms with Crippen LogP contribution in [0.5, 0.6) is 0 Å². The number of hydrogen-bond donors (Lipinski definition) is 0. The van der Waals surface area contributed by atoms with Crippen molar-refractivity contribution in [2.24, 2.45) is 0 Å². The first kappa shape index (κ1) is 36.7. The minimum atomic E-state index is -0.424. The Morgan fingerprint density at radius 2 is 1.20 bits per heavy atom. The summed E-state index contributed by atoms with van der Waals surface area (Å²) in [6.45, 7) is 0. The van der Waals surface area contributed by atoms with Crippen LogP contribution < -0.4 is 0 Å². The minimum absolute atomic E-state index is 0.424. The standard InChI is InChI=1S/C63H41NS/c1-2-5-17-45(16-4-1)63(46-18-6-3-7-19-46)56-24-12-10-22-52(56)62-49(23-14-25-57(62)63)44-29-32-51-55-39-47(31-34-60(55)65-61(51)38-44)64-58-26-13-11-21-50(58)54-37-41(30-33-59(54)64)40-27-28-43-35-42-15-8-9-20-48(42)53(43)36-40/h1-4,6-34,36-39H,5,35H2. The molecule has 0 fully saturated rings. The summed E-state index contributed by atoms with van der Waals surface area (Å²) in [6.07, 6.45) is 13.3.